The van der Waals surface area contributed by atoms with E-state index in [0.717, 1.165) is 22.9 Å². The van der Waals surface area contributed by atoms with Gasteiger partial charge >= 0.3 is 0 Å². The number of halogens is 1. The Morgan fingerprint density at radius 2 is 2.24 bits per heavy atom. The van der Waals surface area contributed by atoms with Gasteiger partial charge in [-0.3, -0.25) is 4.79 Å². The SMILES string of the molecule is CCCC1(O)CN(C(=O)C=Cc2cc(Br)ccc2OC)C1. The zero-order valence-corrected chi connectivity index (χ0v) is 13.9. The second kappa shape index (κ2) is 6.62. The van der Waals surface area contributed by atoms with Crippen LogP contribution in [-0.2, 0) is 4.79 Å². The Labute approximate surface area is 133 Å². The highest BCUT2D eigenvalue weighted by Gasteiger charge is 2.41. The quantitative estimate of drug-likeness (QED) is 0.828. The molecule has 5 heteroatoms. The highest BCUT2D eigenvalue weighted by Crippen LogP contribution is 2.27. The molecule has 1 aromatic carbocycles. The van der Waals surface area contributed by atoms with Crippen LogP contribution in [0.25, 0.3) is 6.08 Å². The molecule has 0 radical (unpaired) electrons. The molecule has 1 aliphatic heterocycles. The van der Waals surface area contributed by atoms with Crippen LogP contribution in [0.15, 0.2) is 28.7 Å². The van der Waals surface area contributed by atoms with Gasteiger partial charge in [-0.05, 0) is 30.7 Å². The molecule has 2 rings (SSSR count). The minimum atomic E-state index is -0.689. The van der Waals surface area contributed by atoms with Crippen LogP contribution in [0.1, 0.15) is 25.3 Å². The maximum atomic E-state index is 12.1. The van der Waals surface area contributed by atoms with Gasteiger partial charge < -0.3 is 14.7 Å². The van der Waals surface area contributed by atoms with Gasteiger partial charge in [0, 0.05) is 16.1 Å². The molecule has 114 valence electrons. The van der Waals surface area contributed by atoms with E-state index in [1.54, 1.807) is 18.1 Å². The summed E-state index contributed by atoms with van der Waals surface area (Å²) in [6.07, 6.45) is 4.92. The molecular formula is C16H20BrNO3. The number of benzene rings is 1. The number of likely N-dealkylation sites (tertiary alicyclic amines) is 1. The van der Waals surface area contributed by atoms with Crippen LogP contribution in [0, 0.1) is 0 Å². The number of nitrogens with zero attached hydrogens (tertiary/aromatic N) is 1. The third-order valence-corrected chi connectivity index (χ3v) is 4.09. The van der Waals surface area contributed by atoms with Gasteiger partial charge in [-0.15, -0.1) is 0 Å². The van der Waals surface area contributed by atoms with Gasteiger partial charge in [-0.2, -0.15) is 0 Å². The lowest BCUT2D eigenvalue weighted by Gasteiger charge is -2.46. The zero-order chi connectivity index (χ0) is 15.5. The van der Waals surface area contributed by atoms with E-state index >= 15 is 0 Å². The summed E-state index contributed by atoms with van der Waals surface area (Å²) in [4.78, 5) is 13.7. The minimum absolute atomic E-state index is 0.0854. The number of aliphatic hydroxyl groups is 1. The third kappa shape index (κ3) is 3.86. The van der Waals surface area contributed by atoms with E-state index in [-0.39, 0.29) is 5.91 Å². The summed E-state index contributed by atoms with van der Waals surface area (Å²) < 4.78 is 6.19. The lowest BCUT2D eigenvalue weighted by molar-refractivity contribution is -0.151. The maximum absolute atomic E-state index is 12.1. The van der Waals surface area contributed by atoms with E-state index in [1.807, 2.05) is 25.1 Å². The molecule has 0 unspecified atom stereocenters. The predicted octanol–water partition coefficient (Wildman–Crippen LogP) is 2.84. The highest BCUT2D eigenvalue weighted by atomic mass is 79.9. The Morgan fingerprint density at radius 1 is 1.52 bits per heavy atom. The second-order valence-corrected chi connectivity index (χ2v) is 6.30. The number of hydrogen-bond acceptors (Lipinski definition) is 3. The number of rotatable bonds is 5. The molecular weight excluding hydrogens is 334 g/mol. The van der Waals surface area contributed by atoms with Gasteiger partial charge in [0.05, 0.1) is 25.8 Å². The van der Waals surface area contributed by atoms with Crippen molar-refractivity contribution >= 4 is 27.9 Å². The molecule has 0 aromatic heterocycles. The summed E-state index contributed by atoms with van der Waals surface area (Å²) in [6.45, 7) is 2.86. The molecule has 1 amide bonds. The third-order valence-electron chi connectivity index (χ3n) is 3.59. The Balaban J connectivity index is 1.99. The molecule has 21 heavy (non-hydrogen) atoms. The predicted molar refractivity (Wildman–Crippen MR) is 86.2 cm³/mol. The van der Waals surface area contributed by atoms with Gasteiger partial charge in [-0.25, -0.2) is 0 Å². The fraction of sp³-hybridized carbons (Fsp3) is 0.438. The normalized spacial score (nSPS) is 16.9. The van der Waals surface area contributed by atoms with Gasteiger partial charge in [-0.1, -0.05) is 29.3 Å². The lowest BCUT2D eigenvalue weighted by Crippen LogP contribution is -2.63. The van der Waals surface area contributed by atoms with Crippen molar-refractivity contribution in [2.45, 2.75) is 25.4 Å². The van der Waals surface area contributed by atoms with Crippen molar-refractivity contribution in [3.8, 4) is 5.75 Å². The standard InChI is InChI=1S/C16H20BrNO3/c1-3-8-16(20)10-18(11-16)15(19)7-4-12-9-13(17)5-6-14(12)21-2/h4-7,9,20H,3,8,10-11H2,1-2H3. The highest BCUT2D eigenvalue weighted by molar-refractivity contribution is 9.10. The van der Waals surface area contributed by atoms with E-state index in [4.69, 9.17) is 4.74 Å². The molecule has 1 aliphatic rings. The summed E-state index contributed by atoms with van der Waals surface area (Å²) >= 11 is 3.40. The molecule has 1 N–H and O–H groups in total. The van der Waals surface area contributed by atoms with E-state index in [1.165, 1.54) is 6.08 Å². The number of carbonyl (C=O) groups is 1. The number of carbonyl (C=O) groups excluding carboxylic acids is 1. The van der Waals surface area contributed by atoms with Crippen molar-refractivity contribution < 1.29 is 14.6 Å². The van der Waals surface area contributed by atoms with Crippen molar-refractivity contribution in [1.82, 2.24) is 4.90 Å². The average Bonchev–Trinajstić information content (AvgIpc) is 2.42. The molecule has 1 saturated heterocycles. The van der Waals surface area contributed by atoms with Crippen LogP contribution in [0.2, 0.25) is 0 Å². The van der Waals surface area contributed by atoms with Gasteiger partial charge in [0.15, 0.2) is 0 Å². The summed E-state index contributed by atoms with van der Waals surface area (Å²) in [7, 11) is 1.60. The average molecular weight is 354 g/mol. The fourth-order valence-corrected chi connectivity index (χ4v) is 2.92. The first kappa shape index (κ1) is 16.0. The van der Waals surface area contributed by atoms with Crippen LogP contribution in [-0.4, -0.2) is 41.7 Å². The molecule has 0 bridgehead atoms. The summed E-state index contributed by atoms with van der Waals surface area (Å²) in [5.74, 6) is 0.631. The van der Waals surface area contributed by atoms with E-state index < -0.39 is 5.60 Å². The molecule has 0 aliphatic carbocycles. The van der Waals surface area contributed by atoms with Crippen LogP contribution >= 0.6 is 15.9 Å². The van der Waals surface area contributed by atoms with Crippen molar-refractivity contribution in [3.05, 3.63) is 34.3 Å². The Bertz CT molecular complexity index is 550. The zero-order valence-electron chi connectivity index (χ0n) is 12.3. The van der Waals surface area contributed by atoms with Crippen LogP contribution in [0.3, 0.4) is 0 Å². The van der Waals surface area contributed by atoms with Crippen LogP contribution < -0.4 is 4.74 Å². The van der Waals surface area contributed by atoms with Gasteiger partial charge in [0.2, 0.25) is 5.91 Å². The van der Waals surface area contributed by atoms with Crippen molar-refractivity contribution in [2.24, 2.45) is 0 Å². The minimum Gasteiger partial charge on any atom is -0.496 e. The van der Waals surface area contributed by atoms with Crippen molar-refractivity contribution in [3.63, 3.8) is 0 Å². The first-order valence-corrected chi connectivity index (χ1v) is 7.79. The fourth-order valence-electron chi connectivity index (χ4n) is 2.55. The summed E-state index contributed by atoms with van der Waals surface area (Å²) in [6, 6.07) is 5.63. The molecule has 0 atom stereocenters. The first-order chi connectivity index (χ1) is 9.97. The van der Waals surface area contributed by atoms with Gasteiger partial charge in [0.1, 0.15) is 5.75 Å². The molecule has 1 fully saturated rings. The first-order valence-electron chi connectivity index (χ1n) is 7.00. The molecule has 1 aromatic rings. The molecule has 1 heterocycles. The number of β-amino-alcohol motifs (C(OH)–C–C–N with tert-alkyl or cyclic N) is 1. The smallest absolute Gasteiger partial charge is 0.246 e. The Morgan fingerprint density at radius 3 is 2.86 bits per heavy atom. The van der Waals surface area contributed by atoms with Crippen molar-refractivity contribution in [1.29, 1.82) is 0 Å². The number of ether oxygens (including phenoxy) is 1. The Kier molecular flexibility index (Phi) is 5.06. The number of methoxy groups -OCH3 is 1. The van der Waals surface area contributed by atoms with E-state index in [0.29, 0.717) is 18.8 Å². The Hall–Kier alpha value is -1.33. The lowest BCUT2D eigenvalue weighted by atomic mass is 9.89. The largest absolute Gasteiger partial charge is 0.496 e. The van der Waals surface area contributed by atoms with E-state index in [9.17, 15) is 9.90 Å². The molecule has 4 nitrogen and oxygen atoms in total. The van der Waals surface area contributed by atoms with Gasteiger partial charge in [0.25, 0.3) is 0 Å². The monoisotopic (exact) mass is 353 g/mol. The molecule has 0 saturated carbocycles. The van der Waals surface area contributed by atoms with E-state index in [2.05, 4.69) is 15.9 Å². The second-order valence-electron chi connectivity index (χ2n) is 5.39. The maximum Gasteiger partial charge on any atom is 0.246 e. The summed E-state index contributed by atoms with van der Waals surface area (Å²) in [5.41, 5.74) is 0.149. The van der Waals surface area contributed by atoms with Crippen LogP contribution in [0.4, 0.5) is 0 Å². The number of hydrogen-bond donors (Lipinski definition) is 1. The van der Waals surface area contributed by atoms with Crippen LogP contribution in [0.5, 0.6) is 5.75 Å². The summed E-state index contributed by atoms with van der Waals surface area (Å²) in [5, 5.41) is 10.1. The topological polar surface area (TPSA) is 49.8 Å². The van der Waals surface area contributed by atoms with Crippen molar-refractivity contribution in [2.75, 3.05) is 20.2 Å². The number of amides is 1. The molecule has 0 spiro atoms.